The molecule has 2 unspecified atom stereocenters. The van der Waals surface area contributed by atoms with Gasteiger partial charge in [-0.15, -0.1) is 0 Å². The lowest BCUT2D eigenvalue weighted by Crippen LogP contribution is -2.40. The predicted molar refractivity (Wildman–Crippen MR) is 65.7 cm³/mol. The highest BCUT2D eigenvalue weighted by Crippen LogP contribution is 2.09. The highest BCUT2D eigenvalue weighted by Gasteiger charge is 2.14. The van der Waals surface area contributed by atoms with Gasteiger partial charge in [-0.2, -0.15) is 0 Å². The van der Waals surface area contributed by atoms with Crippen LogP contribution < -0.4 is 11.1 Å². The molecule has 0 spiro atoms. The summed E-state index contributed by atoms with van der Waals surface area (Å²) < 4.78 is 0. The van der Waals surface area contributed by atoms with Crippen molar-refractivity contribution in [3.63, 3.8) is 0 Å². The highest BCUT2D eigenvalue weighted by molar-refractivity contribution is 4.72. The van der Waals surface area contributed by atoms with Crippen molar-refractivity contribution in [1.29, 1.82) is 0 Å². The molecule has 0 radical (unpaired) electrons. The molecule has 0 fully saturated rings. The van der Waals surface area contributed by atoms with E-state index in [1.165, 1.54) is 0 Å². The fourth-order valence-corrected chi connectivity index (χ4v) is 1.70. The van der Waals surface area contributed by atoms with Crippen molar-refractivity contribution in [2.24, 2.45) is 23.5 Å². The van der Waals surface area contributed by atoms with E-state index < -0.39 is 0 Å². The topological polar surface area (TPSA) is 58.3 Å². The van der Waals surface area contributed by atoms with Crippen LogP contribution in [-0.4, -0.2) is 30.8 Å². The summed E-state index contributed by atoms with van der Waals surface area (Å²) in [6.45, 7) is 10.6. The molecule has 3 heteroatoms. The van der Waals surface area contributed by atoms with Gasteiger partial charge in [-0.1, -0.05) is 27.7 Å². The Balaban J connectivity index is 3.87. The second-order valence-electron chi connectivity index (χ2n) is 5.16. The van der Waals surface area contributed by atoms with E-state index in [-0.39, 0.29) is 12.6 Å². The molecule has 0 bridgehead atoms. The molecule has 0 amide bonds. The van der Waals surface area contributed by atoms with E-state index in [4.69, 9.17) is 5.73 Å². The Morgan fingerprint density at radius 3 is 2.13 bits per heavy atom. The zero-order valence-corrected chi connectivity index (χ0v) is 10.7. The molecule has 0 aliphatic heterocycles. The van der Waals surface area contributed by atoms with Gasteiger partial charge >= 0.3 is 0 Å². The molecule has 92 valence electrons. The maximum Gasteiger partial charge on any atom is 0.0584 e. The third-order valence-corrected chi connectivity index (χ3v) is 2.89. The van der Waals surface area contributed by atoms with Crippen LogP contribution in [0.25, 0.3) is 0 Å². The van der Waals surface area contributed by atoms with Crippen molar-refractivity contribution in [2.75, 3.05) is 19.7 Å². The molecule has 0 aliphatic rings. The summed E-state index contributed by atoms with van der Waals surface area (Å²) in [7, 11) is 0. The van der Waals surface area contributed by atoms with Crippen LogP contribution in [0.3, 0.4) is 0 Å². The first-order valence-corrected chi connectivity index (χ1v) is 6.05. The minimum Gasteiger partial charge on any atom is -0.395 e. The summed E-state index contributed by atoms with van der Waals surface area (Å²) in [5.74, 6) is 1.72. The van der Waals surface area contributed by atoms with Crippen LogP contribution in [0.15, 0.2) is 0 Å². The predicted octanol–water partition coefficient (Wildman–Crippen LogP) is 1.21. The van der Waals surface area contributed by atoms with Crippen molar-refractivity contribution in [3.8, 4) is 0 Å². The molecule has 15 heavy (non-hydrogen) atoms. The van der Waals surface area contributed by atoms with Crippen molar-refractivity contribution >= 4 is 0 Å². The molecule has 0 saturated carbocycles. The Morgan fingerprint density at radius 2 is 1.80 bits per heavy atom. The average Bonchev–Trinajstić information content (AvgIpc) is 2.15. The Hall–Kier alpha value is -0.120. The lowest BCUT2D eigenvalue weighted by molar-refractivity contribution is 0.213. The third kappa shape index (κ3) is 6.88. The maximum absolute atomic E-state index is 9.21. The quantitative estimate of drug-likeness (QED) is 0.572. The minimum atomic E-state index is 0.216. The van der Waals surface area contributed by atoms with Crippen molar-refractivity contribution in [2.45, 2.75) is 40.2 Å². The summed E-state index contributed by atoms with van der Waals surface area (Å²) >= 11 is 0. The number of aliphatic hydroxyl groups is 1. The summed E-state index contributed by atoms with van der Waals surface area (Å²) in [6, 6.07) is 0.220. The van der Waals surface area contributed by atoms with Crippen LogP contribution in [0.4, 0.5) is 0 Å². The molecule has 0 aliphatic carbocycles. The van der Waals surface area contributed by atoms with Gasteiger partial charge in [0.25, 0.3) is 0 Å². The number of rotatable bonds is 8. The summed E-state index contributed by atoms with van der Waals surface area (Å²) in [5, 5.41) is 12.6. The first-order valence-electron chi connectivity index (χ1n) is 6.05. The fourth-order valence-electron chi connectivity index (χ4n) is 1.70. The molecule has 0 rings (SSSR count). The minimum absolute atomic E-state index is 0.216. The number of nitrogens with one attached hydrogen (secondary N) is 1. The van der Waals surface area contributed by atoms with Gasteiger partial charge in [0.05, 0.1) is 6.61 Å². The van der Waals surface area contributed by atoms with Crippen molar-refractivity contribution in [3.05, 3.63) is 0 Å². The molecule has 0 aromatic heterocycles. The van der Waals surface area contributed by atoms with Gasteiger partial charge in [0, 0.05) is 6.04 Å². The largest absolute Gasteiger partial charge is 0.395 e. The molecule has 3 nitrogen and oxygen atoms in total. The third-order valence-electron chi connectivity index (χ3n) is 2.89. The Labute approximate surface area is 94.4 Å². The zero-order valence-electron chi connectivity index (χ0n) is 10.7. The van der Waals surface area contributed by atoms with E-state index >= 15 is 0 Å². The smallest absolute Gasteiger partial charge is 0.0584 e. The van der Waals surface area contributed by atoms with Crippen molar-refractivity contribution in [1.82, 2.24) is 5.32 Å². The lowest BCUT2D eigenvalue weighted by Gasteiger charge is -2.24. The molecule has 2 atom stereocenters. The summed E-state index contributed by atoms with van der Waals surface area (Å²) in [5.41, 5.74) is 5.70. The highest BCUT2D eigenvalue weighted by atomic mass is 16.3. The Morgan fingerprint density at radius 1 is 1.20 bits per heavy atom. The zero-order chi connectivity index (χ0) is 11.8. The van der Waals surface area contributed by atoms with E-state index in [1.54, 1.807) is 0 Å². The monoisotopic (exact) mass is 216 g/mol. The second-order valence-corrected chi connectivity index (χ2v) is 5.16. The molecule has 0 aromatic rings. The van der Waals surface area contributed by atoms with Gasteiger partial charge in [0.15, 0.2) is 0 Å². The number of hydrogen-bond acceptors (Lipinski definition) is 3. The first-order chi connectivity index (χ1) is 7.01. The molecule has 0 aromatic carbocycles. The van der Waals surface area contributed by atoms with Gasteiger partial charge in [-0.25, -0.2) is 0 Å². The van der Waals surface area contributed by atoms with E-state index in [1.807, 2.05) is 0 Å². The van der Waals surface area contributed by atoms with E-state index in [2.05, 4.69) is 33.0 Å². The van der Waals surface area contributed by atoms with Crippen LogP contribution >= 0.6 is 0 Å². The summed E-state index contributed by atoms with van der Waals surface area (Å²) in [4.78, 5) is 0. The van der Waals surface area contributed by atoms with Crippen LogP contribution in [0, 0.1) is 17.8 Å². The summed E-state index contributed by atoms with van der Waals surface area (Å²) in [6.07, 6.45) is 1.02. The van der Waals surface area contributed by atoms with Crippen molar-refractivity contribution < 1.29 is 5.11 Å². The van der Waals surface area contributed by atoms with Crippen LogP contribution in [0.5, 0.6) is 0 Å². The lowest BCUT2D eigenvalue weighted by atomic mass is 9.95. The number of nitrogens with two attached hydrogens (primary N) is 1. The second kappa shape index (κ2) is 8.08. The van der Waals surface area contributed by atoms with Crippen LogP contribution in [0.1, 0.15) is 34.1 Å². The maximum atomic E-state index is 9.21. The molecular formula is C12H28N2O. The van der Waals surface area contributed by atoms with E-state index in [0.717, 1.165) is 13.0 Å². The molecule has 4 N–H and O–H groups in total. The first kappa shape index (κ1) is 14.9. The molecule has 0 saturated heterocycles. The van der Waals surface area contributed by atoms with Gasteiger partial charge in [0.1, 0.15) is 0 Å². The molecular weight excluding hydrogens is 188 g/mol. The SMILES string of the molecule is CC(C)CC(CO)NCC(CN)C(C)C. The standard InChI is InChI=1S/C12H28N2O/c1-9(2)5-12(8-15)14-7-11(6-13)10(3)4/h9-12,14-15H,5-8,13H2,1-4H3. The normalized spacial score (nSPS) is 16.0. The van der Waals surface area contributed by atoms with Gasteiger partial charge < -0.3 is 16.2 Å². The number of hydrogen-bond donors (Lipinski definition) is 3. The molecule has 0 heterocycles. The number of aliphatic hydroxyl groups excluding tert-OH is 1. The van der Waals surface area contributed by atoms with Gasteiger partial charge in [0.2, 0.25) is 0 Å². The Kier molecular flexibility index (Phi) is 8.02. The van der Waals surface area contributed by atoms with Crippen LogP contribution in [0.2, 0.25) is 0 Å². The Bertz CT molecular complexity index is 149. The fraction of sp³-hybridized carbons (Fsp3) is 1.00. The average molecular weight is 216 g/mol. The van der Waals surface area contributed by atoms with E-state index in [0.29, 0.717) is 24.3 Å². The van der Waals surface area contributed by atoms with Gasteiger partial charge in [-0.05, 0) is 37.3 Å². The van der Waals surface area contributed by atoms with Gasteiger partial charge in [-0.3, -0.25) is 0 Å². The van der Waals surface area contributed by atoms with E-state index in [9.17, 15) is 5.11 Å². The van der Waals surface area contributed by atoms with Crippen LogP contribution in [-0.2, 0) is 0 Å².